The molecule has 1 atom stereocenters. The van der Waals surface area contributed by atoms with E-state index in [1.807, 2.05) is 6.07 Å². The first kappa shape index (κ1) is 11.2. The maximum absolute atomic E-state index is 11.5. The molecule has 2 heterocycles. The van der Waals surface area contributed by atoms with Crippen LogP contribution in [0.25, 0.3) is 0 Å². The molecule has 1 aromatic carbocycles. The first-order chi connectivity index (χ1) is 8.63. The average molecular weight is 245 g/mol. The summed E-state index contributed by atoms with van der Waals surface area (Å²) in [6.07, 6.45) is 1.10. The molecule has 3 rings (SSSR count). The van der Waals surface area contributed by atoms with Crippen molar-refractivity contribution in [3.05, 3.63) is 29.3 Å². The molecule has 0 saturated carbocycles. The van der Waals surface area contributed by atoms with Crippen LogP contribution in [0.3, 0.4) is 0 Å². The highest BCUT2D eigenvalue weighted by atomic mass is 16.2. The number of likely N-dealkylation sites (N-methyl/N-ethyl adjacent to an activating group) is 1. The summed E-state index contributed by atoms with van der Waals surface area (Å²) in [7, 11) is 2.09. The maximum atomic E-state index is 11.5. The molecule has 2 N–H and O–H groups in total. The van der Waals surface area contributed by atoms with E-state index >= 15 is 0 Å². The van der Waals surface area contributed by atoms with Gasteiger partial charge in [-0.15, -0.1) is 0 Å². The van der Waals surface area contributed by atoms with Crippen LogP contribution in [-0.2, 0) is 0 Å². The lowest BCUT2D eigenvalue weighted by atomic mass is 10.1. The Morgan fingerprint density at radius 3 is 2.78 bits per heavy atom. The van der Waals surface area contributed by atoms with E-state index in [2.05, 4.69) is 22.6 Å². The predicted octanol–water partition coefficient (Wildman–Crippen LogP) is 0.686. The number of carbonyl (C=O) groups excluding carboxylic acids is 2. The van der Waals surface area contributed by atoms with Gasteiger partial charge in [0.15, 0.2) is 0 Å². The van der Waals surface area contributed by atoms with E-state index in [1.165, 1.54) is 0 Å². The highest BCUT2D eigenvalue weighted by molar-refractivity contribution is 6.21. The van der Waals surface area contributed by atoms with Crippen LogP contribution in [0, 0.1) is 0 Å². The second-order valence-corrected chi connectivity index (χ2v) is 4.94. The van der Waals surface area contributed by atoms with Gasteiger partial charge in [0.1, 0.15) is 0 Å². The molecule has 1 saturated heterocycles. The monoisotopic (exact) mass is 245 g/mol. The van der Waals surface area contributed by atoms with Crippen LogP contribution >= 0.6 is 0 Å². The van der Waals surface area contributed by atoms with Crippen molar-refractivity contribution in [2.75, 3.05) is 25.5 Å². The fourth-order valence-electron chi connectivity index (χ4n) is 2.55. The quantitative estimate of drug-likeness (QED) is 0.752. The van der Waals surface area contributed by atoms with E-state index in [0.29, 0.717) is 17.2 Å². The average Bonchev–Trinajstić information content (AvgIpc) is 2.85. The summed E-state index contributed by atoms with van der Waals surface area (Å²) >= 11 is 0. The van der Waals surface area contributed by atoms with Gasteiger partial charge in [-0.2, -0.15) is 0 Å². The molecule has 1 fully saturated rings. The number of imide groups is 1. The Bertz CT molecular complexity index is 527. The Morgan fingerprint density at radius 2 is 2.06 bits per heavy atom. The number of hydrogen-bond acceptors (Lipinski definition) is 4. The van der Waals surface area contributed by atoms with Crippen LogP contribution in [0.2, 0.25) is 0 Å². The molecule has 0 bridgehead atoms. The van der Waals surface area contributed by atoms with Gasteiger partial charge in [0.2, 0.25) is 0 Å². The number of nitrogens with one attached hydrogen (secondary N) is 2. The minimum Gasteiger partial charge on any atom is -0.381 e. The number of fused-ring (bicyclic) bond motifs is 1. The second kappa shape index (κ2) is 4.10. The SMILES string of the molecule is CN1CCC(Nc2ccc3c(c2)C(=O)NC3=O)C1. The van der Waals surface area contributed by atoms with Crippen LogP contribution in [-0.4, -0.2) is 42.9 Å². The van der Waals surface area contributed by atoms with E-state index in [9.17, 15) is 9.59 Å². The van der Waals surface area contributed by atoms with Gasteiger partial charge >= 0.3 is 0 Å². The standard InChI is InChI=1S/C13H15N3O2/c1-16-5-4-9(7-16)14-8-2-3-10-11(6-8)13(18)15-12(10)17/h2-3,6,9,14H,4-5,7H2,1H3,(H,15,17,18). The summed E-state index contributed by atoms with van der Waals surface area (Å²) in [6, 6.07) is 5.73. The van der Waals surface area contributed by atoms with Gasteiger partial charge in [-0.3, -0.25) is 14.9 Å². The summed E-state index contributed by atoms with van der Waals surface area (Å²) < 4.78 is 0. The molecule has 5 nitrogen and oxygen atoms in total. The Labute approximate surface area is 105 Å². The number of anilines is 1. The summed E-state index contributed by atoms with van der Waals surface area (Å²) in [6.45, 7) is 2.09. The summed E-state index contributed by atoms with van der Waals surface area (Å²) in [4.78, 5) is 25.2. The van der Waals surface area contributed by atoms with Crippen molar-refractivity contribution >= 4 is 17.5 Å². The van der Waals surface area contributed by atoms with Gasteiger partial charge in [0.05, 0.1) is 11.1 Å². The highest BCUT2D eigenvalue weighted by Gasteiger charge is 2.27. The molecule has 0 aromatic heterocycles. The molecule has 2 aliphatic rings. The Hall–Kier alpha value is -1.88. The largest absolute Gasteiger partial charge is 0.381 e. The zero-order chi connectivity index (χ0) is 12.7. The van der Waals surface area contributed by atoms with Gasteiger partial charge < -0.3 is 10.2 Å². The molecule has 94 valence electrons. The van der Waals surface area contributed by atoms with Crippen LogP contribution in [0.4, 0.5) is 5.69 Å². The molecule has 18 heavy (non-hydrogen) atoms. The third-order valence-corrected chi connectivity index (χ3v) is 3.50. The Morgan fingerprint density at radius 1 is 1.28 bits per heavy atom. The van der Waals surface area contributed by atoms with E-state index < -0.39 is 0 Å². The normalized spacial score (nSPS) is 23.1. The highest BCUT2D eigenvalue weighted by Crippen LogP contribution is 2.22. The molecule has 2 amide bonds. The van der Waals surface area contributed by atoms with E-state index in [0.717, 1.165) is 25.2 Å². The summed E-state index contributed by atoms with van der Waals surface area (Å²) in [5, 5.41) is 5.70. The number of benzene rings is 1. The third kappa shape index (κ3) is 1.86. The van der Waals surface area contributed by atoms with Crippen molar-refractivity contribution in [3.63, 3.8) is 0 Å². The smallest absolute Gasteiger partial charge is 0.259 e. The molecule has 2 aliphatic heterocycles. The molecule has 1 unspecified atom stereocenters. The lowest BCUT2D eigenvalue weighted by molar-refractivity contribution is 0.0879. The molecule has 5 heteroatoms. The Kier molecular flexibility index (Phi) is 2.56. The van der Waals surface area contributed by atoms with Gasteiger partial charge in [-0.25, -0.2) is 0 Å². The summed E-state index contributed by atoms with van der Waals surface area (Å²) in [5.74, 6) is -0.607. The van der Waals surface area contributed by atoms with Crippen molar-refractivity contribution < 1.29 is 9.59 Å². The predicted molar refractivity (Wildman–Crippen MR) is 67.8 cm³/mol. The molecular weight excluding hydrogens is 230 g/mol. The van der Waals surface area contributed by atoms with Crippen LogP contribution in [0.15, 0.2) is 18.2 Å². The lowest BCUT2D eigenvalue weighted by Gasteiger charge is -2.14. The number of hydrogen-bond donors (Lipinski definition) is 2. The fraction of sp³-hybridized carbons (Fsp3) is 0.385. The molecule has 0 spiro atoms. The van der Waals surface area contributed by atoms with Crippen molar-refractivity contribution in [1.29, 1.82) is 0 Å². The van der Waals surface area contributed by atoms with E-state index in [1.54, 1.807) is 12.1 Å². The molecule has 1 aromatic rings. The van der Waals surface area contributed by atoms with Crippen molar-refractivity contribution in [1.82, 2.24) is 10.2 Å². The minimum atomic E-state index is -0.304. The topological polar surface area (TPSA) is 61.4 Å². The van der Waals surface area contributed by atoms with E-state index in [4.69, 9.17) is 0 Å². The number of amides is 2. The van der Waals surface area contributed by atoms with Crippen LogP contribution < -0.4 is 10.6 Å². The Balaban J connectivity index is 1.81. The van der Waals surface area contributed by atoms with Crippen molar-refractivity contribution in [2.45, 2.75) is 12.5 Å². The fourth-order valence-corrected chi connectivity index (χ4v) is 2.55. The number of rotatable bonds is 2. The lowest BCUT2D eigenvalue weighted by Crippen LogP contribution is -2.23. The zero-order valence-corrected chi connectivity index (χ0v) is 10.2. The number of likely N-dealkylation sites (tertiary alicyclic amines) is 1. The van der Waals surface area contributed by atoms with Crippen LogP contribution in [0.1, 0.15) is 27.1 Å². The second-order valence-electron chi connectivity index (χ2n) is 4.94. The number of nitrogens with zero attached hydrogens (tertiary/aromatic N) is 1. The number of carbonyl (C=O) groups is 2. The van der Waals surface area contributed by atoms with Gasteiger partial charge in [0, 0.05) is 18.3 Å². The first-order valence-corrected chi connectivity index (χ1v) is 6.08. The first-order valence-electron chi connectivity index (χ1n) is 6.08. The van der Waals surface area contributed by atoms with Crippen molar-refractivity contribution in [3.8, 4) is 0 Å². The van der Waals surface area contributed by atoms with E-state index in [-0.39, 0.29) is 11.8 Å². The van der Waals surface area contributed by atoms with Gasteiger partial charge in [0.25, 0.3) is 11.8 Å². The maximum Gasteiger partial charge on any atom is 0.259 e. The molecule has 0 radical (unpaired) electrons. The third-order valence-electron chi connectivity index (χ3n) is 3.50. The minimum absolute atomic E-state index is 0.304. The van der Waals surface area contributed by atoms with Crippen molar-refractivity contribution in [2.24, 2.45) is 0 Å². The van der Waals surface area contributed by atoms with Gasteiger partial charge in [-0.1, -0.05) is 0 Å². The molecular formula is C13H15N3O2. The van der Waals surface area contributed by atoms with Crippen LogP contribution in [0.5, 0.6) is 0 Å². The molecule has 0 aliphatic carbocycles. The van der Waals surface area contributed by atoms with Gasteiger partial charge in [-0.05, 0) is 38.2 Å². The zero-order valence-electron chi connectivity index (χ0n) is 10.2. The summed E-state index contributed by atoms with van der Waals surface area (Å²) in [5.41, 5.74) is 1.84.